The van der Waals surface area contributed by atoms with Crippen molar-refractivity contribution in [3.63, 3.8) is 0 Å². The third-order valence-corrected chi connectivity index (χ3v) is 1.79. The summed E-state index contributed by atoms with van der Waals surface area (Å²) in [6.45, 7) is 3.94. The van der Waals surface area contributed by atoms with E-state index in [0.717, 1.165) is 6.54 Å². The molecule has 0 atom stereocenters. The molecule has 0 aliphatic heterocycles. The highest BCUT2D eigenvalue weighted by atomic mass is 16.5. The average Bonchev–Trinajstić information content (AvgIpc) is 2.50. The molecule has 0 amide bonds. The van der Waals surface area contributed by atoms with E-state index in [9.17, 15) is 0 Å². The van der Waals surface area contributed by atoms with Gasteiger partial charge in [0.1, 0.15) is 12.4 Å². The molecular weight excluding hydrogens is 152 g/mol. The highest BCUT2D eigenvalue weighted by molar-refractivity contribution is 4.65. The number of rotatable bonds is 5. The number of ether oxygens (including phenoxy) is 1. The summed E-state index contributed by atoms with van der Waals surface area (Å²) < 4.78 is 9.20. The van der Waals surface area contributed by atoms with Gasteiger partial charge >= 0.3 is 0 Å². The van der Waals surface area contributed by atoms with Crippen molar-refractivity contribution in [1.29, 1.82) is 0 Å². The van der Waals surface area contributed by atoms with Crippen LogP contribution in [0.2, 0.25) is 0 Å². The van der Waals surface area contributed by atoms with Gasteiger partial charge < -0.3 is 4.74 Å². The van der Waals surface area contributed by atoms with Crippen molar-refractivity contribution < 1.29 is 9.30 Å². The zero-order valence-electron chi connectivity index (χ0n) is 7.86. The molecule has 0 fully saturated rings. The van der Waals surface area contributed by atoms with Crippen molar-refractivity contribution >= 4 is 0 Å². The van der Waals surface area contributed by atoms with E-state index in [4.69, 9.17) is 4.74 Å². The molecule has 0 saturated heterocycles. The van der Waals surface area contributed by atoms with Gasteiger partial charge in [0.15, 0.2) is 6.73 Å². The number of hydrogen-bond acceptors (Lipinski definition) is 1. The molecule has 0 aromatic carbocycles. The number of unbranched alkanes of at least 4 members (excludes halogenated alkanes) is 1. The normalized spacial score (nSPS) is 10.5. The number of hydrogen-bond donors (Lipinski definition) is 0. The van der Waals surface area contributed by atoms with Crippen LogP contribution in [0, 0.1) is 0 Å². The van der Waals surface area contributed by atoms with Crippen molar-refractivity contribution in [2.45, 2.75) is 33.0 Å². The van der Waals surface area contributed by atoms with E-state index in [1.165, 1.54) is 12.8 Å². The van der Waals surface area contributed by atoms with Gasteiger partial charge in [-0.1, -0.05) is 13.3 Å². The van der Waals surface area contributed by atoms with Crippen LogP contribution in [-0.2, 0) is 18.0 Å². The summed E-state index contributed by atoms with van der Waals surface area (Å²) in [6.07, 6.45) is 8.65. The van der Waals surface area contributed by atoms with Gasteiger partial charge in [-0.2, -0.15) is 0 Å². The molecule has 68 valence electrons. The van der Waals surface area contributed by atoms with E-state index in [-0.39, 0.29) is 0 Å². The number of nitrogens with zero attached hydrogens (tertiary/aromatic N) is 2. The predicted molar refractivity (Wildman–Crippen MR) is 46.5 cm³/mol. The zero-order chi connectivity index (χ0) is 8.81. The predicted octanol–water partition coefficient (Wildman–Crippen LogP) is 1.18. The van der Waals surface area contributed by atoms with Crippen LogP contribution >= 0.6 is 0 Å². The van der Waals surface area contributed by atoms with Gasteiger partial charge in [0.25, 0.3) is 0 Å². The van der Waals surface area contributed by atoms with Crippen LogP contribution in [0.1, 0.15) is 19.8 Å². The van der Waals surface area contributed by atoms with E-state index in [1.807, 2.05) is 10.8 Å². The van der Waals surface area contributed by atoms with Crippen molar-refractivity contribution in [1.82, 2.24) is 4.57 Å². The first-order valence-electron chi connectivity index (χ1n) is 4.40. The van der Waals surface area contributed by atoms with E-state index in [0.29, 0.717) is 6.73 Å². The Labute approximate surface area is 73.6 Å². The third-order valence-electron chi connectivity index (χ3n) is 1.79. The Morgan fingerprint density at radius 1 is 1.50 bits per heavy atom. The van der Waals surface area contributed by atoms with Gasteiger partial charge in [-0.05, 0) is 6.42 Å². The van der Waals surface area contributed by atoms with Gasteiger partial charge in [0.05, 0.1) is 6.54 Å². The lowest BCUT2D eigenvalue weighted by Crippen LogP contribution is -2.31. The van der Waals surface area contributed by atoms with Crippen LogP contribution in [0.15, 0.2) is 18.7 Å². The molecule has 1 heterocycles. The summed E-state index contributed by atoms with van der Waals surface area (Å²) in [5.41, 5.74) is 0. The smallest absolute Gasteiger partial charge is 0.245 e. The largest absolute Gasteiger partial charge is 0.345 e. The Morgan fingerprint density at radius 3 is 3.00 bits per heavy atom. The Balaban J connectivity index is 2.41. The van der Waals surface area contributed by atoms with E-state index in [1.54, 1.807) is 7.11 Å². The molecule has 0 unspecified atom stereocenters. The molecule has 0 aliphatic carbocycles. The molecule has 3 heteroatoms. The molecule has 0 saturated carbocycles. The Hall–Kier alpha value is -0.830. The molecule has 12 heavy (non-hydrogen) atoms. The minimum atomic E-state index is 0.638. The molecule has 1 aromatic rings. The maximum Gasteiger partial charge on any atom is 0.245 e. The van der Waals surface area contributed by atoms with E-state index in [2.05, 4.69) is 24.0 Å². The Bertz CT molecular complexity index is 220. The summed E-state index contributed by atoms with van der Waals surface area (Å²) >= 11 is 0. The van der Waals surface area contributed by atoms with Crippen molar-refractivity contribution in [3.05, 3.63) is 18.7 Å². The minimum Gasteiger partial charge on any atom is -0.345 e. The van der Waals surface area contributed by atoms with Crippen LogP contribution in [-0.4, -0.2) is 11.7 Å². The summed E-state index contributed by atoms with van der Waals surface area (Å²) in [5, 5.41) is 0. The van der Waals surface area contributed by atoms with Crippen LogP contribution in [0.4, 0.5) is 0 Å². The standard InChI is InChI=1S/C9H17N2O/c1-3-4-5-10-6-7-11(8-10)9-12-2/h6-8H,3-5,9H2,1-2H3/q+1. The van der Waals surface area contributed by atoms with Crippen LogP contribution in [0.25, 0.3) is 0 Å². The van der Waals surface area contributed by atoms with Crippen LogP contribution < -0.4 is 4.57 Å². The van der Waals surface area contributed by atoms with Crippen LogP contribution in [0.5, 0.6) is 0 Å². The Kier molecular flexibility index (Phi) is 3.80. The number of methoxy groups -OCH3 is 1. The fraction of sp³-hybridized carbons (Fsp3) is 0.667. The fourth-order valence-electron chi connectivity index (χ4n) is 1.14. The molecule has 0 spiro atoms. The topological polar surface area (TPSA) is 18.0 Å². The molecule has 0 radical (unpaired) electrons. The molecule has 1 aromatic heterocycles. The second-order valence-corrected chi connectivity index (χ2v) is 2.94. The number of aryl methyl sites for hydroxylation is 1. The average molecular weight is 169 g/mol. The number of aromatic nitrogens is 2. The SMILES string of the molecule is CCCCn1cc[n+](COC)c1. The zero-order valence-corrected chi connectivity index (χ0v) is 7.86. The van der Waals surface area contributed by atoms with E-state index < -0.39 is 0 Å². The summed E-state index contributed by atoms with van der Waals surface area (Å²) in [5.74, 6) is 0. The summed E-state index contributed by atoms with van der Waals surface area (Å²) in [7, 11) is 1.70. The molecule has 0 bridgehead atoms. The number of imidazole rings is 1. The molecule has 3 nitrogen and oxygen atoms in total. The lowest BCUT2D eigenvalue weighted by Gasteiger charge is -1.93. The summed E-state index contributed by atoms with van der Waals surface area (Å²) in [6, 6.07) is 0. The fourth-order valence-corrected chi connectivity index (χ4v) is 1.14. The molecule has 1 rings (SSSR count). The van der Waals surface area contributed by atoms with Crippen molar-refractivity contribution in [3.8, 4) is 0 Å². The molecule has 0 aliphatic rings. The Morgan fingerprint density at radius 2 is 2.33 bits per heavy atom. The first-order chi connectivity index (χ1) is 5.86. The molecular formula is C9H17N2O+. The van der Waals surface area contributed by atoms with Crippen molar-refractivity contribution in [2.75, 3.05) is 7.11 Å². The van der Waals surface area contributed by atoms with Gasteiger partial charge in [0, 0.05) is 7.11 Å². The first-order valence-corrected chi connectivity index (χ1v) is 4.40. The van der Waals surface area contributed by atoms with Gasteiger partial charge in [-0.3, -0.25) is 0 Å². The first kappa shape index (κ1) is 9.26. The van der Waals surface area contributed by atoms with Gasteiger partial charge in [-0.25, -0.2) is 9.13 Å². The van der Waals surface area contributed by atoms with Crippen LogP contribution in [0.3, 0.4) is 0 Å². The highest BCUT2D eigenvalue weighted by Gasteiger charge is 2.00. The minimum absolute atomic E-state index is 0.638. The molecule has 0 N–H and O–H groups in total. The second kappa shape index (κ2) is 4.93. The van der Waals surface area contributed by atoms with Gasteiger partial charge in [-0.15, -0.1) is 0 Å². The van der Waals surface area contributed by atoms with Crippen molar-refractivity contribution in [2.24, 2.45) is 0 Å². The maximum atomic E-state index is 5.00. The second-order valence-electron chi connectivity index (χ2n) is 2.94. The highest BCUT2D eigenvalue weighted by Crippen LogP contribution is 1.92. The monoisotopic (exact) mass is 169 g/mol. The lowest BCUT2D eigenvalue weighted by molar-refractivity contribution is -0.730. The third kappa shape index (κ3) is 2.66. The lowest BCUT2D eigenvalue weighted by atomic mass is 10.3. The quantitative estimate of drug-likeness (QED) is 0.605. The maximum absolute atomic E-state index is 5.00. The summed E-state index contributed by atoms with van der Waals surface area (Å²) in [4.78, 5) is 0. The van der Waals surface area contributed by atoms with Gasteiger partial charge in [0.2, 0.25) is 6.33 Å². The van der Waals surface area contributed by atoms with E-state index >= 15 is 0 Å².